The van der Waals surface area contributed by atoms with Crippen LogP contribution >= 0.6 is 11.6 Å². The molecule has 1 aliphatic rings. The summed E-state index contributed by atoms with van der Waals surface area (Å²) in [5.74, 6) is -0.347. The van der Waals surface area contributed by atoms with Gasteiger partial charge in [-0.3, -0.25) is 4.79 Å². The standard InChI is InChI=1S/C16H23ClFN3O3/c1-16(2)10-21(15-13(18)5-11(17)6-19-15)7-12(24-16)8-23-9-14(22)20(3)4/h5-6,12H,7-10H2,1-4H3. The van der Waals surface area contributed by atoms with E-state index in [1.165, 1.54) is 17.2 Å². The van der Waals surface area contributed by atoms with Crippen molar-refractivity contribution in [3.63, 3.8) is 0 Å². The van der Waals surface area contributed by atoms with Gasteiger partial charge in [0.05, 0.1) is 23.3 Å². The topological polar surface area (TPSA) is 54.9 Å². The second-order valence-corrected chi connectivity index (χ2v) is 7.08. The Morgan fingerprint density at radius 2 is 2.29 bits per heavy atom. The van der Waals surface area contributed by atoms with Gasteiger partial charge in [0.25, 0.3) is 0 Å². The Morgan fingerprint density at radius 3 is 2.92 bits per heavy atom. The molecule has 0 aliphatic carbocycles. The summed E-state index contributed by atoms with van der Waals surface area (Å²) in [6, 6.07) is 1.24. The molecule has 24 heavy (non-hydrogen) atoms. The third-order valence-electron chi connectivity index (χ3n) is 3.60. The molecule has 1 amide bonds. The van der Waals surface area contributed by atoms with Gasteiger partial charge >= 0.3 is 0 Å². The molecule has 1 aromatic heterocycles. The van der Waals surface area contributed by atoms with Crippen molar-refractivity contribution in [1.29, 1.82) is 0 Å². The predicted octanol–water partition coefficient (Wildman–Crippen LogP) is 1.96. The molecule has 1 unspecified atom stereocenters. The molecule has 1 aromatic rings. The lowest BCUT2D eigenvalue weighted by Crippen LogP contribution is -2.54. The minimum atomic E-state index is -0.494. The number of halogens is 2. The SMILES string of the molecule is CN(C)C(=O)COCC1CN(c2ncc(Cl)cc2F)CC(C)(C)O1. The van der Waals surface area contributed by atoms with Gasteiger partial charge in [0.15, 0.2) is 11.6 Å². The fourth-order valence-corrected chi connectivity index (χ4v) is 2.74. The first-order chi connectivity index (χ1) is 11.2. The highest BCUT2D eigenvalue weighted by Crippen LogP contribution is 2.27. The Hall–Kier alpha value is -1.44. The molecule has 1 atom stereocenters. The number of carbonyl (C=O) groups is 1. The second-order valence-electron chi connectivity index (χ2n) is 6.64. The van der Waals surface area contributed by atoms with Gasteiger partial charge in [-0.1, -0.05) is 11.6 Å². The summed E-state index contributed by atoms with van der Waals surface area (Å²) >= 11 is 5.76. The molecule has 0 saturated carbocycles. The average molecular weight is 360 g/mol. The van der Waals surface area contributed by atoms with E-state index in [-0.39, 0.29) is 36.1 Å². The molecule has 1 aliphatic heterocycles. The molecule has 0 aromatic carbocycles. The summed E-state index contributed by atoms with van der Waals surface area (Å²) < 4.78 is 25.6. The number of carbonyl (C=O) groups excluding carboxylic acids is 1. The Labute approximate surface area is 146 Å². The summed E-state index contributed by atoms with van der Waals surface area (Å²) in [6.45, 7) is 4.99. The van der Waals surface area contributed by atoms with E-state index in [2.05, 4.69) is 4.98 Å². The van der Waals surface area contributed by atoms with Crippen molar-refractivity contribution in [2.24, 2.45) is 0 Å². The van der Waals surface area contributed by atoms with Gasteiger partial charge in [0, 0.05) is 33.4 Å². The predicted molar refractivity (Wildman–Crippen MR) is 89.9 cm³/mol. The van der Waals surface area contributed by atoms with Crippen molar-refractivity contribution in [3.05, 3.63) is 23.1 Å². The molecule has 0 bridgehead atoms. The molecule has 8 heteroatoms. The van der Waals surface area contributed by atoms with E-state index in [9.17, 15) is 9.18 Å². The van der Waals surface area contributed by atoms with Gasteiger partial charge in [0.2, 0.25) is 5.91 Å². The maximum Gasteiger partial charge on any atom is 0.248 e. The van der Waals surface area contributed by atoms with Crippen molar-refractivity contribution in [2.75, 3.05) is 45.3 Å². The first kappa shape index (κ1) is 18.9. The fourth-order valence-electron chi connectivity index (χ4n) is 2.59. The zero-order valence-electron chi connectivity index (χ0n) is 14.4. The summed E-state index contributed by atoms with van der Waals surface area (Å²) in [6.07, 6.45) is 1.13. The number of ether oxygens (including phenoxy) is 2. The van der Waals surface area contributed by atoms with E-state index in [1.807, 2.05) is 18.7 Å². The van der Waals surface area contributed by atoms with E-state index in [0.29, 0.717) is 13.1 Å². The molecule has 0 N–H and O–H groups in total. The van der Waals surface area contributed by atoms with Gasteiger partial charge in [0.1, 0.15) is 6.61 Å². The van der Waals surface area contributed by atoms with Crippen LogP contribution in [0, 0.1) is 5.82 Å². The van der Waals surface area contributed by atoms with Gasteiger partial charge in [-0.25, -0.2) is 9.37 Å². The minimum Gasteiger partial charge on any atom is -0.369 e. The summed E-state index contributed by atoms with van der Waals surface area (Å²) in [4.78, 5) is 18.9. The first-order valence-electron chi connectivity index (χ1n) is 7.69. The highest BCUT2D eigenvalue weighted by molar-refractivity contribution is 6.30. The first-order valence-corrected chi connectivity index (χ1v) is 8.07. The number of pyridine rings is 1. The number of hydrogen-bond donors (Lipinski definition) is 0. The zero-order chi connectivity index (χ0) is 17.9. The number of nitrogens with zero attached hydrogens (tertiary/aromatic N) is 3. The lowest BCUT2D eigenvalue weighted by Gasteiger charge is -2.43. The average Bonchev–Trinajstić information content (AvgIpc) is 2.45. The fraction of sp³-hybridized carbons (Fsp3) is 0.625. The molecule has 0 radical (unpaired) electrons. The maximum absolute atomic E-state index is 14.1. The molecule has 134 valence electrons. The quantitative estimate of drug-likeness (QED) is 0.804. The number of morpholine rings is 1. The second kappa shape index (κ2) is 7.63. The Balaban J connectivity index is 2.02. The number of anilines is 1. The molecule has 0 spiro atoms. The number of aromatic nitrogens is 1. The summed E-state index contributed by atoms with van der Waals surface area (Å²) in [5.41, 5.74) is -0.494. The van der Waals surface area contributed by atoms with Crippen molar-refractivity contribution >= 4 is 23.3 Å². The molecular weight excluding hydrogens is 337 g/mol. The maximum atomic E-state index is 14.1. The number of likely N-dealkylation sites (N-methyl/N-ethyl adjacent to an activating group) is 1. The van der Waals surface area contributed by atoms with Crippen LogP contribution in [-0.2, 0) is 14.3 Å². The third-order valence-corrected chi connectivity index (χ3v) is 3.80. The largest absolute Gasteiger partial charge is 0.369 e. The van der Waals surface area contributed by atoms with Crippen LogP contribution in [0.25, 0.3) is 0 Å². The highest BCUT2D eigenvalue weighted by atomic mass is 35.5. The Morgan fingerprint density at radius 1 is 1.58 bits per heavy atom. The molecule has 2 heterocycles. The van der Waals surface area contributed by atoms with E-state index in [4.69, 9.17) is 21.1 Å². The number of amides is 1. The van der Waals surface area contributed by atoms with E-state index < -0.39 is 11.4 Å². The number of rotatable bonds is 5. The lowest BCUT2D eigenvalue weighted by molar-refractivity contribution is -0.139. The van der Waals surface area contributed by atoms with Crippen molar-refractivity contribution in [2.45, 2.75) is 25.6 Å². The number of hydrogen-bond acceptors (Lipinski definition) is 5. The Bertz CT molecular complexity index is 598. The van der Waals surface area contributed by atoms with Crippen LogP contribution < -0.4 is 4.90 Å². The smallest absolute Gasteiger partial charge is 0.248 e. The van der Waals surface area contributed by atoms with Crippen LogP contribution in [0.15, 0.2) is 12.3 Å². The normalized spacial score (nSPS) is 20.1. The van der Waals surface area contributed by atoms with E-state index in [0.717, 1.165) is 0 Å². The van der Waals surface area contributed by atoms with Gasteiger partial charge in [-0.15, -0.1) is 0 Å². The van der Waals surface area contributed by atoms with Crippen molar-refractivity contribution in [3.8, 4) is 0 Å². The van der Waals surface area contributed by atoms with Crippen LogP contribution in [-0.4, -0.2) is 67.9 Å². The van der Waals surface area contributed by atoms with Crippen molar-refractivity contribution in [1.82, 2.24) is 9.88 Å². The van der Waals surface area contributed by atoms with E-state index >= 15 is 0 Å². The van der Waals surface area contributed by atoms with Crippen LogP contribution in [0.2, 0.25) is 5.02 Å². The van der Waals surface area contributed by atoms with Gasteiger partial charge in [-0.05, 0) is 19.9 Å². The molecule has 1 fully saturated rings. The van der Waals surface area contributed by atoms with Gasteiger partial charge in [-0.2, -0.15) is 0 Å². The summed E-state index contributed by atoms with van der Waals surface area (Å²) in [7, 11) is 3.34. The minimum absolute atomic E-state index is 0.0131. The Kier molecular flexibility index (Phi) is 6.01. The molecule has 1 saturated heterocycles. The zero-order valence-corrected chi connectivity index (χ0v) is 15.1. The lowest BCUT2D eigenvalue weighted by atomic mass is 10.1. The summed E-state index contributed by atoms with van der Waals surface area (Å²) in [5, 5.41) is 0.255. The van der Waals surface area contributed by atoms with Gasteiger partial charge < -0.3 is 19.3 Å². The van der Waals surface area contributed by atoms with E-state index in [1.54, 1.807) is 14.1 Å². The monoisotopic (exact) mass is 359 g/mol. The third kappa shape index (κ3) is 5.03. The van der Waals surface area contributed by atoms with Crippen LogP contribution in [0.3, 0.4) is 0 Å². The van der Waals surface area contributed by atoms with Crippen LogP contribution in [0.4, 0.5) is 10.2 Å². The van der Waals surface area contributed by atoms with Crippen LogP contribution in [0.5, 0.6) is 0 Å². The molecular formula is C16H23ClFN3O3. The molecule has 6 nitrogen and oxygen atoms in total. The van der Waals surface area contributed by atoms with Crippen LogP contribution in [0.1, 0.15) is 13.8 Å². The highest BCUT2D eigenvalue weighted by Gasteiger charge is 2.35. The molecule has 2 rings (SSSR count). The van der Waals surface area contributed by atoms with Crippen molar-refractivity contribution < 1.29 is 18.7 Å².